The molecule has 0 bridgehead atoms. The van der Waals surface area contributed by atoms with E-state index in [1.807, 2.05) is 0 Å². The molecule has 0 aromatic heterocycles. The van der Waals surface area contributed by atoms with Crippen LogP contribution in [-0.2, 0) is 16.0 Å². The Morgan fingerprint density at radius 3 is 1.68 bits per heavy atom. The second kappa shape index (κ2) is 4.70. The molecule has 0 atom stereocenters. The highest BCUT2D eigenvalue weighted by Crippen LogP contribution is 2.30. The zero-order chi connectivity index (χ0) is 14.1. The first-order valence-corrected chi connectivity index (χ1v) is 6.77. The molecule has 2 aromatic rings. The summed E-state index contributed by atoms with van der Waals surface area (Å²) in [7, 11) is -3.77. The van der Waals surface area contributed by atoms with Crippen molar-refractivity contribution in [1.29, 1.82) is 0 Å². The van der Waals surface area contributed by atoms with Gasteiger partial charge in [-0.1, -0.05) is 18.2 Å². The molecule has 6 heteroatoms. The molecule has 0 saturated heterocycles. The van der Waals surface area contributed by atoms with Crippen LogP contribution in [0, 0.1) is 0 Å². The summed E-state index contributed by atoms with van der Waals surface area (Å²) in [6.45, 7) is 0. The fourth-order valence-corrected chi connectivity index (χ4v) is 2.84. The lowest BCUT2D eigenvalue weighted by molar-refractivity contribution is -0.137. The molecule has 0 radical (unpaired) electrons. The molecule has 2 aromatic carbocycles. The van der Waals surface area contributed by atoms with E-state index in [4.69, 9.17) is 0 Å². The fourth-order valence-electron chi connectivity index (χ4n) is 1.56. The summed E-state index contributed by atoms with van der Waals surface area (Å²) < 4.78 is 61.4. The molecule has 0 unspecified atom stereocenters. The Bertz CT molecular complexity index is 659. The number of hydrogen-bond donors (Lipinski definition) is 0. The SMILES string of the molecule is O=S(=O)(c1ccccc1)c1ccc(C(F)(F)F)cc1. The van der Waals surface area contributed by atoms with Gasteiger partial charge in [-0.05, 0) is 36.4 Å². The molecule has 0 saturated carbocycles. The minimum atomic E-state index is -4.48. The average molecular weight is 286 g/mol. The fraction of sp³-hybridized carbons (Fsp3) is 0.0769. The van der Waals surface area contributed by atoms with E-state index >= 15 is 0 Å². The van der Waals surface area contributed by atoms with Gasteiger partial charge in [0, 0.05) is 0 Å². The van der Waals surface area contributed by atoms with Gasteiger partial charge < -0.3 is 0 Å². The molecule has 2 nitrogen and oxygen atoms in total. The number of sulfone groups is 1. The lowest BCUT2D eigenvalue weighted by Gasteiger charge is -2.08. The normalized spacial score (nSPS) is 12.4. The van der Waals surface area contributed by atoms with Crippen molar-refractivity contribution in [2.45, 2.75) is 16.0 Å². The molecule has 100 valence electrons. The first-order valence-electron chi connectivity index (χ1n) is 5.29. The summed E-state index contributed by atoms with van der Waals surface area (Å²) in [5, 5.41) is 0. The smallest absolute Gasteiger partial charge is 0.219 e. The van der Waals surface area contributed by atoms with E-state index in [0.29, 0.717) is 0 Å². The Morgan fingerprint density at radius 1 is 0.737 bits per heavy atom. The summed E-state index contributed by atoms with van der Waals surface area (Å²) in [5.41, 5.74) is -0.875. The van der Waals surface area contributed by atoms with Crippen LogP contribution < -0.4 is 0 Å². The van der Waals surface area contributed by atoms with Gasteiger partial charge in [0.15, 0.2) is 0 Å². The highest BCUT2D eigenvalue weighted by Gasteiger charge is 2.30. The van der Waals surface area contributed by atoms with Crippen molar-refractivity contribution in [2.24, 2.45) is 0 Å². The zero-order valence-corrected chi connectivity index (χ0v) is 10.4. The van der Waals surface area contributed by atoms with Crippen LogP contribution >= 0.6 is 0 Å². The van der Waals surface area contributed by atoms with E-state index in [-0.39, 0.29) is 9.79 Å². The maximum Gasteiger partial charge on any atom is 0.416 e. The van der Waals surface area contributed by atoms with Gasteiger partial charge in [-0.15, -0.1) is 0 Å². The van der Waals surface area contributed by atoms with Crippen LogP contribution in [-0.4, -0.2) is 8.42 Å². The van der Waals surface area contributed by atoms with E-state index in [0.717, 1.165) is 24.3 Å². The predicted octanol–water partition coefficient (Wildman–Crippen LogP) is 3.54. The van der Waals surface area contributed by atoms with Gasteiger partial charge in [-0.25, -0.2) is 8.42 Å². The van der Waals surface area contributed by atoms with E-state index in [2.05, 4.69) is 0 Å². The minimum Gasteiger partial charge on any atom is -0.219 e. The third-order valence-corrected chi connectivity index (χ3v) is 4.33. The number of halogens is 3. The van der Waals surface area contributed by atoms with Gasteiger partial charge in [-0.3, -0.25) is 0 Å². The summed E-state index contributed by atoms with van der Waals surface area (Å²) in [5.74, 6) is 0. The van der Waals surface area contributed by atoms with Crippen LogP contribution in [0.5, 0.6) is 0 Å². The quantitative estimate of drug-likeness (QED) is 0.846. The van der Waals surface area contributed by atoms with E-state index < -0.39 is 21.6 Å². The second-order valence-electron chi connectivity index (χ2n) is 3.84. The Labute approximate surface area is 108 Å². The van der Waals surface area contributed by atoms with Crippen molar-refractivity contribution in [3.8, 4) is 0 Å². The number of hydrogen-bond acceptors (Lipinski definition) is 2. The average Bonchev–Trinajstić information content (AvgIpc) is 2.39. The highest BCUT2D eigenvalue weighted by atomic mass is 32.2. The van der Waals surface area contributed by atoms with Crippen molar-refractivity contribution >= 4 is 9.84 Å². The third kappa shape index (κ3) is 2.78. The molecule has 0 aliphatic carbocycles. The molecule has 0 amide bonds. The van der Waals surface area contributed by atoms with Gasteiger partial charge in [-0.2, -0.15) is 13.2 Å². The highest BCUT2D eigenvalue weighted by molar-refractivity contribution is 7.91. The van der Waals surface area contributed by atoms with Crippen LogP contribution in [0.1, 0.15) is 5.56 Å². The van der Waals surface area contributed by atoms with Crippen LogP contribution in [0.3, 0.4) is 0 Å². The predicted molar refractivity (Wildman–Crippen MR) is 63.3 cm³/mol. The molecule has 19 heavy (non-hydrogen) atoms. The molecular weight excluding hydrogens is 277 g/mol. The third-order valence-electron chi connectivity index (χ3n) is 2.55. The molecular formula is C13H9F3O2S. The Hall–Kier alpha value is -1.82. The molecule has 0 aliphatic heterocycles. The molecule has 0 N–H and O–H groups in total. The van der Waals surface area contributed by atoms with Gasteiger partial charge in [0.2, 0.25) is 9.84 Å². The van der Waals surface area contributed by atoms with Crippen molar-refractivity contribution in [2.75, 3.05) is 0 Å². The Morgan fingerprint density at radius 2 is 1.21 bits per heavy atom. The zero-order valence-electron chi connectivity index (χ0n) is 9.55. The van der Waals surface area contributed by atoms with Crippen LogP contribution in [0.2, 0.25) is 0 Å². The van der Waals surface area contributed by atoms with Crippen molar-refractivity contribution < 1.29 is 21.6 Å². The van der Waals surface area contributed by atoms with Crippen LogP contribution in [0.15, 0.2) is 64.4 Å². The Kier molecular flexibility index (Phi) is 3.36. The molecule has 0 aliphatic rings. The molecule has 0 spiro atoms. The summed E-state index contributed by atoms with van der Waals surface area (Å²) in [4.78, 5) is -0.110. The molecule has 2 rings (SSSR count). The summed E-state index contributed by atoms with van der Waals surface area (Å²) in [6, 6.07) is 11.0. The van der Waals surface area contributed by atoms with Crippen molar-refractivity contribution in [1.82, 2.24) is 0 Å². The molecule has 0 heterocycles. The van der Waals surface area contributed by atoms with Gasteiger partial charge in [0.25, 0.3) is 0 Å². The largest absolute Gasteiger partial charge is 0.416 e. The number of alkyl halides is 3. The Balaban J connectivity index is 2.43. The lowest BCUT2D eigenvalue weighted by Crippen LogP contribution is -2.06. The first-order chi connectivity index (χ1) is 8.82. The van der Waals surface area contributed by atoms with Crippen molar-refractivity contribution in [3.05, 3.63) is 60.2 Å². The maximum atomic E-state index is 12.4. The van der Waals surface area contributed by atoms with E-state index in [1.54, 1.807) is 18.2 Å². The monoisotopic (exact) mass is 286 g/mol. The minimum absolute atomic E-state index is 0.0507. The van der Waals surface area contributed by atoms with Gasteiger partial charge >= 0.3 is 6.18 Å². The van der Waals surface area contributed by atoms with Crippen LogP contribution in [0.25, 0.3) is 0 Å². The summed E-state index contributed by atoms with van der Waals surface area (Å²) in [6.07, 6.45) is -4.48. The molecule has 0 fully saturated rings. The second-order valence-corrected chi connectivity index (χ2v) is 5.79. The van der Waals surface area contributed by atoms with Gasteiger partial charge in [0.05, 0.1) is 15.4 Å². The van der Waals surface area contributed by atoms with Crippen LogP contribution in [0.4, 0.5) is 13.2 Å². The van der Waals surface area contributed by atoms with E-state index in [1.165, 1.54) is 12.1 Å². The standard InChI is InChI=1S/C13H9F3O2S/c14-13(15,16)10-6-8-12(9-7-10)19(17,18)11-4-2-1-3-5-11/h1-9H. The number of benzene rings is 2. The van der Waals surface area contributed by atoms with Gasteiger partial charge in [0.1, 0.15) is 0 Å². The van der Waals surface area contributed by atoms with Crippen molar-refractivity contribution in [3.63, 3.8) is 0 Å². The number of rotatable bonds is 2. The maximum absolute atomic E-state index is 12.4. The van der Waals surface area contributed by atoms with E-state index in [9.17, 15) is 21.6 Å². The topological polar surface area (TPSA) is 34.1 Å². The summed E-state index contributed by atoms with van der Waals surface area (Å²) >= 11 is 0. The lowest BCUT2D eigenvalue weighted by atomic mass is 10.2. The first kappa shape index (κ1) is 13.6.